The zero-order valence-corrected chi connectivity index (χ0v) is 15.7. The molecule has 0 spiro atoms. The predicted molar refractivity (Wildman–Crippen MR) is 109 cm³/mol. The lowest BCUT2D eigenvalue weighted by atomic mass is 10.1. The summed E-state index contributed by atoms with van der Waals surface area (Å²) in [6.07, 6.45) is 0. The summed E-state index contributed by atoms with van der Waals surface area (Å²) in [5.74, 6) is -0.360. The van der Waals surface area contributed by atoms with Gasteiger partial charge in [-0.3, -0.25) is 9.59 Å². The molecule has 0 saturated heterocycles. The number of anilines is 2. The second-order valence-electron chi connectivity index (χ2n) is 6.67. The minimum Gasteiger partial charge on any atom is -0.322 e. The third-order valence-electron chi connectivity index (χ3n) is 4.35. The largest absolute Gasteiger partial charge is 0.322 e. The van der Waals surface area contributed by atoms with Crippen molar-refractivity contribution in [3.05, 3.63) is 94.5 Å². The molecule has 0 aliphatic carbocycles. The van der Waals surface area contributed by atoms with Gasteiger partial charge in [-0.25, -0.2) is 0 Å². The Hall–Kier alpha value is -3.40. The molecule has 4 nitrogen and oxygen atoms in total. The Morgan fingerprint density at radius 3 is 1.74 bits per heavy atom. The lowest BCUT2D eigenvalue weighted by molar-refractivity contribution is 0.102. The highest BCUT2D eigenvalue weighted by atomic mass is 16.2. The summed E-state index contributed by atoms with van der Waals surface area (Å²) in [7, 11) is 0. The van der Waals surface area contributed by atoms with Crippen molar-refractivity contribution in [3.63, 3.8) is 0 Å². The molecule has 3 rings (SSSR count). The van der Waals surface area contributed by atoms with Crippen LogP contribution in [-0.2, 0) is 0 Å². The topological polar surface area (TPSA) is 58.2 Å². The average molecular weight is 358 g/mol. The van der Waals surface area contributed by atoms with Gasteiger partial charge in [-0.2, -0.15) is 0 Å². The van der Waals surface area contributed by atoms with Gasteiger partial charge in [0.15, 0.2) is 0 Å². The van der Waals surface area contributed by atoms with Crippen LogP contribution in [0.25, 0.3) is 0 Å². The molecule has 3 aromatic carbocycles. The maximum Gasteiger partial charge on any atom is 0.255 e. The first-order valence-electron chi connectivity index (χ1n) is 8.79. The van der Waals surface area contributed by atoms with Crippen LogP contribution >= 0.6 is 0 Å². The van der Waals surface area contributed by atoms with Gasteiger partial charge >= 0.3 is 0 Å². The number of carbonyl (C=O) groups excluding carboxylic acids is 2. The van der Waals surface area contributed by atoms with E-state index in [2.05, 4.69) is 10.6 Å². The second-order valence-corrected chi connectivity index (χ2v) is 6.67. The summed E-state index contributed by atoms with van der Waals surface area (Å²) in [4.78, 5) is 24.7. The SMILES string of the molecule is Cc1ccc(C(=O)Nc2ccc(C(=O)Nc3ccc(C)cc3C)cc2)cc1. The number of hydrogen-bond acceptors (Lipinski definition) is 2. The lowest BCUT2D eigenvalue weighted by Crippen LogP contribution is -2.14. The van der Waals surface area contributed by atoms with Crippen molar-refractivity contribution in [2.24, 2.45) is 0 Å². The van der Waals surface area contributed by atoms with Crippen molar-refractivity contribution in [3.8, 4) is 0 Å². The summed E-state index contributed by atoms with van der Waals surface area (Å²) in [5.41, 5.74) is 5.83. The molecule has 0 aliphatic heterocycles. The highest BCUT2D eigenvalue weighted by Gasteiger charge is 2.09. The van der Waals surface area contributed by atoms with Crippen molar-refractivity contribution in [1.29, 1.82) is 0 Å². The van der Waals surface area contributed by atoms with Gasteiger partial charge < -0.3 is 10.6 Å². The van der Waals surface area contributed by atoms with Crippen LogP contribution in [0.15, 0.2) is 66.7 Å². The van der Waals surface area contributed by atoms with Gasteiger partial charge in [0.1, 0.15) is 0 Å². The van der Waals surface area contributed by atoms with Crippen LogP contribution in [0.3, 0.4) is 0 Å². The van der Waals surface area contributed by atoms with E-state index >= 15 is 0 Å². The Labute approximate surface area is 159 Å². The number of nitrogens with one attached hydrogen (secondary N) is 2. The quantitative estimate of drug-likeness (QED) is 0.680. The Morgan fingerprint density at radius 1 is 0.630 bits per heavy atom. The minimum absolute atomic E-state index is 0.178. The molecule has 4 heteroatoms. The van der Waals surface area contributed by atoms with Crippen molar-refractivity contribution in [1.82, 2.24) is 0 Å². The van der Waals surface area contributed by atoms with Gasteiger partial charge in [0.05, 0.1) is 0 Å². The first-order valence-corrected chi connectivity index (χ1v) is 8.79. The molecule has 0 saturated carbocycles. The van der Waals surface area contributed by atoms with Crippen molar-refractivity contribution < 1.29 is 9.59 Å². The fourth-order valence-electron chi connectivity index (χ4n) is 2.76. The molecule has 27 heavy (non-hydrogen) atoms. The summed E-state index contributed by atoms with van der Waals surface area (Å²) in [6.45, 7) is 5.96. The van der Waals surface area contributed by atoms with E-state index in [4.69, 9.17) is 0 Å². The van der Waals surface area contributed by atoms with Crippen LogP contribution in [0.2, 0.25) is 0 Å². The molecule has 0 unspecified atom stereocenters. The monoisotopic (exact) mass is 358 g/mol. The number of rotatable bonds is 4. The average Bonchev–Trinajstić information content (AvgIpc) is 2.65. The van der Waals surface area contributed by atoms with E-state index in [0.717, 1.165) is 22.4 Å². The second kappa shape index (κ2) is 7.87. The van der Waals surface area contributed by atoms with E-state index in [9.17, 15) is 9.59 Å². The summed E-state index contributed by atoms with van der Waals surface area (Å²) in [5, 5.41) is 5.76. The summed E-state index contributed by atoms with van der Waals surface area (Å²) < 4.78 is 0. The van der Waals surface area contributed by atoms with E-state index < -0.39 is 0 Å². The molecule has 3 aromatic rings. The van der Waals surface area contributed by atoms with Crippen molar-refractivity contribution >= 4 is 23.2 Å². The first kappa shape index (κ1) is 18.4. The molecular weight excluding hydrogens is 336 g/mol. The molecule has 0 bridgehead atoms. The number of hydrogen-bond donors (Lipinski definition) is 2. The Morgan fingerprint density at radius 2 is 1.15 bits per heavy atom. The maximum absolute atomic E-state index is 12.4. The van der Waals surface area contributed by atoms with Crippen LogP contribution in [-0.4, -0.2) is 11.8 Å². The highest BCUT2D eigenvalue weighted by molar-refractivity contribution is 6.06. The minimum atomic E-state index is -0.182. The maximum atomic E-state index is 12.4. The number of aryl methyl sites for hydroxylation is 3. The standard InChI is InChI=1S/C23H22N2O2/c1-15-4-7-18(8-5-15)22(26)24-20-11-9-19(10-12-20)23(27)25-21-13-6-16(2)14-17(21)3/h4-14H,1-3H3,(H,24,26)(H,25,27). The highest BCUT2D eigenvalue weighted by Crippen LogP contribution is 2.18. The molecule has 0 aliphatic rings. The molecule has 0 heterocycles. The van der Waals surface area contributed by atoms with Crippen LogP contribution in [0.4, 0.5) is 11.4 Å². The summed E-state index contributed by atoms with van der Waals surface area (Å²) in [6, 6.07) is 20.1. The van der Waals surface area contributed by atoms with Crippen LogP contribution in [0.5, 0.6) is 0 Å². The van der Waals surface area contributed by atoms with Gasteiger partial charge in [0.2, 0.25) is 0 Å². The van der Waals surface area contributed by atoms with Gasteiger partial charge in [0, 0.05) is 22.5 Å². The van der Waals surface area contributed by atoms with E-state index in [1.165, 1.54) is 0 Å². The molecule has 2 amide bonds. The molecule has 0 fully saturated rings. The third-order valence-corrected chi connectivity index (χ3v) is 4.35. The van der Waals surface area contributed by atoms with Crippen molar-refractivity contribution in [2.45, 2.75) is 20.8 Å². The van der Waals surface area contributed by atoms with E-state index in [1.807, 2.05) is 51.1 Å². The van der Waals surface area contributed by atoms with Gasteiger partial charge in [0.25, 0.3) is 11.8 Å². The number of amides is 2. The zero-order valence-electron chi connectivity index (χ0n) is 15.7. The van der Waals surface area contributed by atoms with Crippen LogP contribution < -0.4 is 10.6 Å². The van der Waals surface area contributed by atoms with E-state index in [-0.39, 0.29) is 11.8 Å². The van der Waals surface area contributed by atoms with Crippen LogP contribution in [0.1, 0.15) is 37.4 Å². The first-order chi connectivity index (χ1) is 12.9. The molecular formula is C23H22N2O2. The fraction of sp³-hybridized carbons (Fsp3) is 0.130. The molecule has 0 radical (unpaired) electrons. The summed E-state index contributed by atoms with van der Waals surface area (Å²) >= 11 is 0. The van der Waals surface area contributed by atoms with Gasteiger partial charge in [-0.15, -0.1) is 0 Å². The predicted octanol–water partition coefficient (Wildman–Crippen LogP) is 5.12. The molecule has 2 N–H and O–H groups in total. The van der Waals surface area contributed by atoms with E-state index in [0.29, 0.717) is 16.8 Å². The number of benzene rings is 3. The normalized spacial score (nSPS) is 10.3. The smallest absolute Gasteiger partial charge is 0.255 e. The Balaban J connectivity index is 1.66. The van der Waals surface area contributed by atoms with Crippen molar-refractivity contribution in [2.75, 3.05) is 10.6 Å². The lowest BCUT2D eigenvalue weighted by Gasteiger charge is -2.10. The molecule has 0 aromatic heterocycles. The van der Waals surface area contributed by atoms with Gasteiger partial charge in [-0.1, -0.05) is 35.4 Å². The molecule has 0 atom stereocenters. The molecule has 136 valence electrons. The van der Waals surface area contributed by atoms with Crippen LogP contribution in [0, 0.1) is 20.8 Å². The Kier molecular flexibility index (Phi) is 5.36. The zero-order chi connectivity index (χ0) is 19.4. The fourth-order valence-corrected chi connectivity index (χ4v) is 2.76. The number of carbonyl (C=O) groups is 2. The van der Waals surface area contributed by atoms with Gasteiger partial charge in [-0.05, 0) is 68.8 Å². The Bertz CT molecular complexity index is 974. The third kappa shape index (κ3) is 4.61. The van der Waals surface area contributed by atoms with E-state index in [1.54, 1.807) is 36.4 Å².